The first-order valence-corrected chi connectivity index (χ1v) is 9.22. The van der Waals surface area contributed by atoms with Gasteiger partial charge in [-0.05, 0) is 48.1 Å². The average Bonchev–Trinajstić information content (AvgIpc) is 2.79. The summed E-state index contributed by atoms with van der Waals surface area (Å²) in [5.41, 5.74) is 3.53. The van der Waals surface area contributed by atoms with Gasteiger partial charge in [0.15, 0.2) is 11.5 Å². The number of carbonyl (C=O) groups excluding carboxylic acids is 1. The van der Waals surface area contributed by atoms with Crippen LogP contribution in [0.25, 0.3) is 0 Å². The fourth-order valence-corrected chi connectivity index (χ4v) is 3.71. The molecule has 1 heterocycles. The Labute approximate surface area is 155 Å². The van der Waals surface area contributed by atoms with Crippen molar-refractivity contribution in [2.75, 3.05) is 20.8 Å². The Kier molecular flexibility index (Phi) is 5.82. The van der Waals surface area contributed by atoms with Crippen molar-refractivity contribution < 1.29 is 14.3 Å². The molecular formula is C22H27NO3. The standard InChI is InChI=1S/C22H27NO3/c1-4-10-23-15-19-14-21(26-3)20(25-2)13-17(19)12-18(22(23)24)11-16-8-6-5-7-9-16/h5-9,13-14,18H,4,10-12,15H2,1-3H3/t18-/m0/s1. The maximum Gasteiger partial charge on any atom is 0.226 e. The Bertz CT molecular complexity index is 757. The molecule has 3 rings (SSSR count). The lowest BCUT2D eigenvalue weighted by Gasteiger charge is -2.24. The van der Waals surface area contributed by atoms with Gasteiger partial charge in [0.2, 0.25) is 5.91 Å². The molecule has 0 aliphatic carbocycles. The molecule has 0 N–H and O–H groups in total. The van der Waals surface area contributed by atoms with E-state index in [2.05, 4.69) is 19.1 Å². The minimum atomic E-state index is -0.0525. The van der Waals surface area contributed by atoms with Gasteiger partial charge in [0.1, 0.15) is 0 Å². The predicted octanol–water partition coefficient (Wildman–Crippen LogP) is 3.86. The summed E-state index contributed by atoms with van der Waals surface area (Å²) in [6.45, 7) is 3.52. The van der Waals surface area contributed by atoms with E-state index in [1.807, 2.05) is 35.2 Å². The summed E-state index contributed by atoms with van der Waals surface area (Å²) in [6, 6.07) is 14.3. The summed E-state index contributed by atoms with van der Waals surface area (Å²) >= 11 is 0. The molecule has 4 heteroatoms. The fraction of sp³-hybridized carbons (Fsp3) is 0.409. The van der Waals surface area contributed by atoms with Crippen LogP contribution in [0.2, 0.25) is 0 Å². The van der Waals surface area contributed by atoms with Crippen LogP contribution in [0.4, 0.5) is 0 Å². The fourth-order valence-electron chi connectivity index (χ4n) is 3.71. The molecule has 0 spiro atoms. The van der Waals surface area contributed by atoms with E-state index >= 15 is 0 Å². The number of benzene rings is 2. The molecule has 1 aliphatic rings. The van der Waals surface area contributed by atoms with Gasteiger partial charge in [-0.25, -0.2) is 0 Å². The van der Waals surface area contributed by atoms with Crippen LogP contribution in [0.1, 0.15) is 30.0 Å². The molecule has 0 saturated carbocycles. The van der Waals surface area contributed by atoms with E-state index in [0.717, 1.165) is 42.9 Å². The maximum atomic E-state index is 13.2. The average molecular weight is 353 g/mol. The van der Waals surface area contributed by atoms with E-state index in [1.54, 1.807) is 14.2 Å². The molecule has 0 fully saturated rings. The normalized spacial score (nSPS) is 16.8. The predicted molar refractivity (Wildman–Crippen MR) is 103 cm³/mol. The zero-order valence-electron chi connectivity index (χ0n) is 15.8. The van der Waals surface area contributed by atoms with E-state index in [1.165, 1.54) is 11.1 Å². The van der Waals surface area contributed by atoms with Crippen molar-refractivity contribution in [1.29, 1.82) is 0 Å². The summed E-state index contributed by atoms with van der Waals surface area (Å²) in [6.07, 6.45) is 2.43. The number of fused-ring (bicyclic) bond motifs is 1. The Morgan fingerprint density at radius 2 is 1.69 bits per heavy atom. The molecule has 1 amide bonds. The second-order valence-corrected chi connectivity index (χ2v) is 6.83. The van der Waals surface area contributed by atoms with Gasteiger partial charge in [0, 0.05) is 19.0 Å². The number of ether oxygens (including phenoxy) is 2. The summed E-state index contributed by atoms with van der Waals surface area (Å²) in [7, 11) is 3.30. The summed E-state index contributed by atoms with van der Waals surface area (Å²) in [4.78, 5) is 15.2. The van der Waals surface area contributed by atoms with Crippen LogP contribution in [-0.2, 0) is 24.2 Å². The minimum Gasteiger partial charge on any atom is -0.493 e. The lowest BCUT2D eigenvalue weighted by molar-refractivity contribution is -0.135. The topological polar surface area (TPSA) is 38.8 Å². The number of rotatable bonds is 6. The third-order valence-electron chi connectivity index (χ3n) is 5.01. The Balaban J connectivity index is 1.97. The Morgan fingerprint density at radius 3 is 2.31 bits per heavy atom. The van der Waals surface area contributed by atoms with Gasteiger partial charge in [-0.3, -0.25) is 4.79 Å². The van der Waals surface area contributed by atoms with Crippen molar-refractivity contribution in [3.8, 4) is 11.5 Å². The smallest absolute Gasteiger partial charge is 0.226 e. The van der Waals surface area contributed by atoms with Gasteiger partial charge in [0.05, 0.1) is 14.2 Å². The van der Waals surface area contributed by atoms with Crippen molar-refractivity contribution >= 4 is 5.91 Å². The maximum absolute atomic E-state index is 13.2. The van der Waals surface area contributed by atoms with Crippen LogP contribution in [0.5, 0.6) is 11.5 Å². The van der Waals surface area contributed by atoms with E-state index in [9.17, 15) is 4.79 Å². The number of hydrogen-bond donors (Lipinski definition) is 0. The molecule has 26 heavy (non-hydrogen) atoms. The zero-order chi connectivity index (χ0) is 18.5. The second kappa shape index (κ2) is 8.26. The van der Waals surface area contributed by atoms with E-state index in [4.69, 9.17) is 9.47 Å². The molecule has 138 valence electrons. The first-order valence-electron chi connectivity index (χ1n) is 9.22. The minimum absolute atomic E-state index is 0.0525. The third-order valence-corrected chi connectivity index (χ3v) is 5.01. The van der Waals surface area contributed by atoms with Gasteiger partial charge in [-0.1, -0.05) is 37.3 Å². The highest BCUT2D eigenvalue weighted by atomic mass is 16.5. The molecule has 4 nitrogen and oxygen atoms in total. The molecule has 1 atom stereocenters. The van der Waals surface area contributed by atoms with Gasteiger partial charge >= 0.3 is 0 Å². The summed E-state index contributed by atoms with van der Waals surface area (Å²) in [5, 5.41) is 0. The third kappa shape index (κ3) is 3.85. The lowest BCUT2D eigenvalue weighted by atomic mass is 9.91. The number of methoxy groups -OCH3 is 2. The SMILES string of the molecule is CCCN1Cc2cc(OC)c(OC)cc2C[C@H](Cc2ccccc2)C1=O. The molecule has 0 aromatic heterocycles. The molecular weight excluding hydrogens is 326 g/mol. The number of nitrogens with zero attached hydrogens (tertiary/aromatic N) is 1. The quantitative estimate of drug-likeness (QED) is 0.792. The molecule has 0 saturated heterocycles. The monoisotopic (exact) mass is 353 g/mol. The first-order chi connectivity index (χ1) is 12.7. The van der Waals surface area contributed by atoms with Crippen molar-refractivity contribution in [1.82, 2.24) is 4.90 Å². The van der Waals surface area contributed by atoms with Crippen LogP contribution in [-0.4, -0.2) is 31.6 Å². The molecule has 0 bridgehead atoms. The van der Waals surface area contributed by atoms with Crippen LogP contribution >= 0.6 is 0 Å². The van der Waals surface area contributed by atoms with Gasteiger partial charge < -0.3 is 14.4 Å². The van der Waals surface area contributed by atoms with E-state index < -0.39 is 0 Å². The molecule has 2 aromatic carbocycles. The number of amides is 1. The van der Waals surface area contributed by atoms with Crippen LogP contribution < -0.4 is 9.47 Å². The van der Waals surface area contributed by atoms with E-state index in [-0.39, 0.29) is 11.8 Å². The Morgan fingerprint density at radius 1 is 1.04 bits per heavy atom. The molecule has 2 aromatic rings. The van der Waals surface area contributed by atoms with Crippen molar-refractivity contribution in [2.24, 2.45) is 5.92 Å². The highest BCUT2D eigenvalue weighted by Crippen LogP contribution is 2.35. The van der Waals surface area contributed by atoms with Gasteiger partial charge in [0.25, 0.3) is 0 Å². The zero-order valence-corrected chi connectivity index (χ0v) is 15.8. The van der Waals surface area contributed by atoms with Crippen LogP contribution in [0.15, 0.2) is 42.5 Å². The summed E-state index contributed by atoms with van der Waals surface area (Å²) in [5.74, 6) is 1.63. The lowest BCUT2D eigenvalue weighted by Crippen LogP contribution is -2.36. The van der Waals surface area contributed by atoms with Crippen LogP contribution in [0, 0.1) is 5.92 Å². The van der Waals surface area contributed by atoms with Crippen molar-refractivity contribution in [2.45, 2.75) is 32.7 Å². The number of hydrogen-bond acceptors (Lipinski definition) is 3. The second-order valence-electron chi connectivity index (χ2n) is 6.83. The van der Waals surface area contributed by atoms with Gasteiger partial charge in [-0.2, -0.15) is 0 Å². The van der Waals surface area contributed by atoms with Gasteiger partial charge in [-0.15, -0.1) is 0 Å². The highest BCUT2D eigenvalue weighted by molar-refractivity contribution is 5.80. The Hall–Kier alpha value is -2.49. The van der Waals surface area contributed by atoms with Crippen molar-refractivity contribution in [3.05, 3.63) is 59.2 Å². The molecule has 1 aliphatic heterocycles. The molecule has 0 unspecified atom stereocenters. The molecule has 0 radical (unpaired) electrons. The van der Waals surface area contributed by atoms with Crippen molar-refractivity contribution in [3.63, 3.8) is 0 Å². The summed E-state index contributed by atoms with van der Waals surface area (Å²) < 4.78 is 10.9. The first kappa shape index (κ1) is 18.3. The highest BCUT2D eigenvalue weighted by Gasteiger charge is 2.30. The number of carbonyl (C=O) groups is 1. The largest absolute Gasteiger partial charge is 0.493 e. The van der Waals surface area contributed by atoms with E-state index in [0.29, 0.717) is 6.54 Å². The van der Waals surface area contributed by atoms with Crippen LogP contribution in [0.3, 0.4) is 0 Å².